The Hall–Kier alpha value is -4.55. The van der Waals surface area contributed by atoms with E-state index in [1.54, 1.807) is 18.6 Å². The third-order valence-corrected chi connectivity index (χ3v) is 6.43. The maximum Gasteiger partial charge on any atom is 0.164 e. The first-order valence-corrected chi connectivity index (χ1v) is 12.6. The van der Waals surface area contributed by atoms with Gasteiger partial charge in [0, 0.05) is 51.5 Å². The second kappa shape index (κ2) is 10.2. The van der Waals surface area contributed by atoms with E-state index in [1.165, 1.54) is 5.56 Å². The average Bonchev–Trinajstić information content (AvgIpc) is 2.98. The fraction of sp³-hybridized carbons (Fsp3) is 0. The van der Waals surface area contributed by atoms with Gasteiger partial charge in [0.25, 0.3) is 0 Å². The first kappa shape index (κ1) is 22.9. The monoisotopic (exact) mass is 541 g/mol. The van der Waals surface area contributed by atoms with E-state index in [9.17, 15) is 0 Å². The van der Waals surface area contributed by atoms with Gasteiger partial charge < -0.3 is 0 Å². The van der Waals surface area contributed by atoms with Crippen LogP contribution < -0.4 is 0 Å². The maximum absolute atomic E-state index is 4.90. The van der Waals surface area contributed by atoms with Gasteiger partial charge in [-0.1, -0.05) is 76.6 Å². The third kappa shape index (κ3) is 5.06. The van der Waals surface area contributed by atoms with Crippen LogP contribution in [0, 0.1) is 0 Å². The van der Waals surface area contributed by atoms with E-state index in [0.717, 1.165) is 37.9 Å². The molecule has 37 heavy (non-hydrogen) atoms. The number of halogens is 1. The van der Waals surface area contributed by atoms with E-state index < -0.39 is 0 Å². The Morgan fingerprint density at radius 3 is 1.65 bits per heavy atom. The summed E-state index contributed by atoms with van der Waals surface area (Å²) in [6, 6.07) is 32.6. The number of hydrogen-bond donors (Lipinski definition) is 0. The zero-order valence-corrected chi connectivity index (χ0v) is 21.2. The molecule has 0 bridgehead atoms. The van der Waals surface area contributed by atoms with Crippen molar-refractivity contribution in [2.24, 2.45) is 0 Å². The lowest BCUT2D eigenvalue weighted by molar-refractivity contribution is 1.07. The predicted molar refractivity (Wildman–Crippen MR) is 150 cm³/mol. The van der Waals surface area contributed by atoms with Crippen LogP contribution in [-0.4, -0.2) is 24.9 Å². The van der Waals surface area contributed by atoms with E-state index in [2.05, 4.69) is 74.4 Å². The topological polar surface area (TPSA) is 64.5 Å². The molecule has 0 unspecified atom stereocenters. The fourth-order valence-electron chi connectivity index (χ4n) is 4.13. The highest BCUT2D eigenvalue weighted by atomic mass is 79.9. The molecule has 0 spiro atoms. The van der Waals surface area contributed by atoms with Gasteiger partial charge in [-0.15, -0.1) is 0 Å². The molecule has 0 aliphatic rings. The highest BCUT2D eigenvalue weighted by Gasteiger charge is 2.14. The van der Waals surface area contributed by atoms with Gasteiger partial charge in [0.15, 0.2) is 17.5 Å². The van der Waals surface area contributed by atoms with Crippen LogP contribution in [0.15, 0.2) is 126 Å². The predicted octanol–water partition coefficient (Wildman–Crippen LogP) is 7.76. The van der Waals surface area contributed by atoms with Crippen molar-refractivity contribution in [2.75, 3.05) is 0 Å². The Kier molecular flexibility index (Phi) is 6.31. The molecule has 0 saturated carbocycles. The molecule has 3 aromatic heterocycles. The quantitative estimate of drug-likeness (QED) is 0.223. The molecule has 0 radical (unpaired) electrons. The van der Waals surface area contributed by atoms with Crippen LogP contribution in [0.25, 0.3) is 56.4 Å². The van der Waals surface area contributed by atoms with Crippen molar-refractivity contribution in [3.05, 3.63) is 126 Å². The van der Waals surface area contributed by atoms with Crippen molar-refractivity contribution in [1.82, 2.24) is 24.9 Å². The van der Waals surface area contributed by atoms with Crippen LogP contribution in [0.5, 0.6) is 0 Å². The zero-order valence-electron chi connectivity index (χ0n) is 19.7. The molecular formula is C31H20BrN5. The van der Waals surface area contributed by atoms with E-state index >= 15 is 0 Å². The van der Waals surface area contributed by atoms with Crippen molar-refractivity contribution in [2.45, 2.75) is 0 Å². The highest BCUT2D eigenvalue weighted by molar-refractivity contribution is 9.10. The van der Waals surface area contributed by atoms with Gasteiger partial charge in [0.05, 0.1) is 0 Å². The van der Waals surface area contributed by atoms with Gasteiger partial charge in [0.2, 0.25) is 0 Å². The minimum Gasteiger partial charge on any atom is -0.265 e. The summed E-state index contributed by atoms with van der Waals surface area (Å²) in [6.45, 7) is 0. The number of rotatable bonds is 5. The average molecular weight is 542 g/mol. The van der Waals surface area contributed by atoms with Gasteiger partial charge in [-0.05, 0) is 53.1 Å². The molecule has 6 aromatic rings. The summed E-state index contributed by atoms with van der Waals surface area (Å²) in [5.74, 6) is 1.80. The summed E-state index contributed by atoms with van der Waals surface area (Å²) in [5.41, 5.74) is 7.03. The molecule has 0 aliphatic carbocycles. The standard InChI is InChI=1S/C31H20BrN5/c32-28-18-26(25-7-4-14-34-20-25)17-27(19-28)31-36-29(35-30(37-31)24-12-15-33-16-13-24)23-10-8-22(9-11-23)21-5-2-1-3-6-21/h1-20H. The molecule has 0 N–H and O–H groups in total. The summed E-state index contributed by atoms with van der Waals surface area (Å²) >= 11 is 3.66. The normalized spacial score (nSPS) is 10.8. The summed E-state index contributed by atoms with van der Waals surface area (Å²) in [4.78, 5) is 23.0. The molecule has 6 rings (SSSR count). The van der Waals surface area contributed by atoms with Gasteiger partial charge in [-0.3, -0.25) is 9.97 Å². The number of hydrogen-bond acceptors (Lipinski definition) is 5. The lowest BCUT2D eigenvalue weighted by Gasteiger charge is -2.10. The van der Waals surface area contributed by atoms with Gasteiger partial charge >= 0.3 is 0 Å². The molecule has 176 valence electrons. The van der Waals surface area contributed by atoms with Gasteiger partial charge in [0.1, 0.15) is 0 Å². The fourth-order valence-corrected chi connectivity index (χ4v) is 4.62. The van der Waals surface area contributed by atoms with Gasteiger partial charge in [-0.2, -0.15) is 0 Å². The van der Waals surface area contributed by atoms with Crippen LogP contribution in [0.1, 0.15) is 0 Å². The van der Waals surface area contributed by atoms with Gasteiger partial charge in [-0.25, -0.2) is 15.0 Å². The third-order valence-electron chi connectivity index (χ3n) is 5.98. The van der Waals surface area contributed by atoms with Crippen LogP contribution in [0.4, 0.5) is 0 Å². The Bertz CT molecular complexity index is 1660. The first-order chi connectivity index (χ1) is 18.2. The minimum atomic E-state index is 0.593. The molecule has 3 aromatic carbocycles. The number of benzene rings is 3. The van der Waals surface area contributed by atoms with Crippen LogP contribution in [-0.2, 0) is 0 Å². The van der Waals surface area contributed by atoms with E-state index in [-0.39, 0.29) is 0 Å². The van der Waals surface area contributed by atoms with Crippen LogP contribution >= 0.6 is 15.9 Å². The molecule has 0 amide bonds. The molecule has 5 nitrogen and oxygen atoms in total. The lowest BCUT2D eigenvalue weighted by atomic mass is 10.0. The lowest BCUT2D eigenvalue weighted by Crippen LogP contribution is -2.00. The van der Waals surface area contributed by atoms with E-state index in [1.807, 2.05) is 54.7 Å². The van der Waals surface area contributed by atoms with Crippen molar-refractivity contribution in [3.63, 3.8) is 0 Å². The molecule has 0 saturated heterocycles. The maximum atomic E-state index is 4.90. The second-order valence-electron chi connectivity index (χ2n) is 8.46. The van der Waals surface area contributed by atoms with Crippen LogP contribution in [0.3, 0.4) is 0 Å². The van der Waals surface area contributed by atoms with E-state index in [4.69, 9.17) is 15.0 Å². The summed E-state index contributed by atoms with van der Waals surface area (Å²) in [5, 5.41) is 0. The SMILES string of the molecule is Brc1cc(-c2cccnc2)cc(-c2nc(-c3ccncc3)nc(-c3ccc(-c4ccccc4)cc3)n2)c1. The second-order valence-corrected chi connectivity index (χ2v) is 9.37. The smallest absolute Gasteiger partial charge is 0.164 e. The molecule has 0 atom stereocenters. The Labute approximate surface area is 223 Å². The summed E-state index contributed by atoms with van der Waals surface area (Å²) < 4.78 is 0.934. The van der Waals surface area contributed by atoms with Crippen LogP contribution in [0.2, 0.25) is 0 Å². The first-order valence-electron chi connectivity index (χ1n) is 11.8. The van der Waals surface area contributed by atoms with E-state index in [0.29, 0.717) is 17.5 Å². The molecule has 3 heterocycles. The zero-order chi connectivity index (χ0) is 25.0. The Morgan fingerprint density at radius 1 is 0.405 bits per heavy atom. The van der Waals surface area contributed by atoms with Crippen molar-refractivity contribution >= 4 is 15.9 Å². The Balaban J connectivity index is 1.47. The summed E-state index contributed by atoms with van der Waals surface area (Å²) in [7, 11) is 0. The highest BCUT2D eigenvalue weighted by Crippen LogP contribution is 2.31. The Morgan fingerprint density at radius 2 is 0.973 bits per heavy atom. The van der Waals surface area contributed by atoms with Crippen molar-refractivity contribution in [1.29, 1.82) is 0 Å². The minimum absolute atomic E-state index is 0.593. The summed E-state index contributed by atoms with van der Waals surface area (Å²) in [6.07, 6.45) is 7.10. The number of pyridine rings is 2. The largest absolute Gasteiger partial charge is 0.265 e. The molecule has 0 fully saturated rings. The molecular weight excluding hydrogens is 522 g/mol. The van der Waals surface area contributed by atoms with Crippen molar-refractivity contribution in [3.8, 4) is 56.4 Å². The van der Waals surface area contributed by atoms with Crippen molar-refractivity contribution < 1.29 is 0 Å². The number of aromatic nitrogens is 5. The number of nitrogens with zero attached hydrogens (tertiary/aromatic N) is 5. The molecule has 6 heteroatoms. The molecule has 0 aliphatic heterocycles.